The van der Waals surface area contributed by atoms with Gasteiger partial charge in [-0.2, -0.15) is 0 Å². The van der Waals surface area contributed by atoms with Crippen LogP contribution in [-0.2, 0) is 0 Å². The van der Waals surface area contributed by atoms with E-state index in [9.17, 15) is 15.2 Å². The van der Waals surface area contributed by atoms with E-state index in [0.29, 0.717) is 11.1 Å². The molecule has 5 nitrogen and oxygen atoms in total. The van der Waals surface area contributed by atoms with Crippen molar-refractivity contribution in [1.29, 1.82) is 0 Å². The molecule has 0 aliphatic carbocycles. The molecule has 0 amide bonds. The van der Waals surface area contributed by atoms with E-state index in [4.69, 9.17) is 0 Å². The summed E-state index contributed by atoms with van der Waals surface area (Å²) in [7, 11) is 0. The predicted octanol–water partition coefficient (Wildman–Crippen LogP) is 2.36. The molecule has 0 saturated carbocycles. The van der Waals surface area contributed by atoms with Crippen molar-refractivity contribution in [3.05, 3.63) is 52.8 Å². The second kappa shape index (κ2) is 3.98. The van der Waals surface area contributed by atoms with Crippen LogP contribution < -0.4 is 0 Å². The van der Waals surface area contributed by atoms with Crippen LogP contribution >= 0.6 is 0 Å². The number of phenolic OH excluding ortho intramolecular Hbond substituents is 1. The lowest BCUT2D eigenvalue weighted by atomic mass is 10.0. The van der Waals surface area contributed by atoms with Gasteiger partial charge < -0.3 is 5.11 Å². The van der Waals surface area contributed by atoms with Crippen LogP contribution in [0.25, 0.3) is 11.1 Å². The van der Waals surface area contributed by atoms with Crippen LogP contribution in [-0.4, -0.2) is 15.0 Å². The summed E-state index contributed by atoms with van der Waals surface area (Å²) in [6, 6.07) is 7.76. The number of phenols is 1. The zero-order valence-electron chi connectivity index (χ0n) is 8.20. The Kier molecular flexibility index (Phi) is 2.51. The zero-order chi connectivity index (χ0) is 11.5. The van der Waals surface area contributed by atoms with E-state index in [-0.39, 0.29) is 11.4 Å². The minimum absolute atomic E-state index is 0.284. The number of pyridine rings is 1. The van der Waals surface area contributed by atoms with Gasteiger partial charge in [-0.05, 0) is 29.8 Å². The van der Waals surface area contributed by atoms with Gasteiger partial charge >= 0.3 is 5.69 Å². The molecular weight excluding hydrogens is 208 g/mol. The second-order valence-electron chi connectivity index (χ2n) is 3.17. The molecule has 0 aliphatic rings. The molecule has 1 aromatic heterocycles. The lowest BCUT2D eigenvalue weighted by Crippen LogP contribution is -1.92. The van der Waals surface area contributed by atoms with Gasteiger partial charge in [-0.15, -0.1) is 0 Å². The third-order valence-corrected chi connectivity index (χ3v) is 2.19. The maximum Gasteiger partial charge on any atom is 0.318 e. The largest absolute Gasteiger partial charge is 0.502 e. The summed E-state index contributed by atoms with van der Waals surface area (Å²) in [5.41, 5.74) is 0.749. The lowest BCUT2D eigenvalue weighted by molar-refractivity contribution is -0.385. The summed E-state index contributed by atoms with van der Waals surface area (Å²) in [6.45, 7) is 0. The highest BCUT2D eigenvalue weighted by atomic mass is 16.6. The highest BCUT2D eigenvalue weighted by Crippen LogP contribution is 2.36. The van der Waals surface area contributed by atoms with E-state index in [0.717, 1.165) is 0 Å². The number of rotatable bonds is 2. The van der Waals surface area contributed by atoms with Crippen LogP contribution in [0.2, 0.25) is 0 Å². The van der Waals surface area contributed by atoms with Gasteiger partial charge in [0.1, 0.15) is 0 Å². The average Bonchev–Trinajstić information content (AvgIpc) is 2.29. The third kappa shape index (κ3) is 1.70. The van der Waals surface area contributed by atoms with E-state index in [1.165, 1.54) is 6.07 Å². The summed E-state index contributed by atoms with van der Waals surface area (Å²) in [5, 5.41) is 20.3. The molecule has 0 fully saturated rings. The number of nitro groups is 1. The molecule has 5 heteroatoms. The Bertz CT molecular complexity index is 526. The highest BCUT2D eigenvalue weighted by molar-refractivity contribution is 5.76. The fourth-order valence-corrected chi connectivity index (χ4v) is 1.49. The Morgan fingerprint density at radius 2 is 1.88 bits per heavy atom. The molecule has 0 bridgehead atoms. The lowest BCUT2D eigenvalue weighted by Gasteiger charge is -2.03. The van der Waals surface area contributed by atoms with Crippen LogP contribution in [0.15, 0.2) is 42.7 Å². The molecule has 0 spiro atoms. The molecule has 1 N–H and O–H groups in total. The number of para-hydroxylation sites is 1. The van der Waals surface area contributed by atoms with Crippen LogP contribution in [0.5, 0.6) is 5.75 Å². The van der Waals surface area contributed by atoms with Gasteiger partial charge in [0.15, 0.2) is 5.75 Å². The predicted molar refractivity (Wildman–Crippen MR) is 58.0 cm³/mol. The summed E-state index contributed by atoms with van der Waals surface area (Å²) in [6.07, 6.45) is 3.09. The fraction of sp³-hybridized carbons (Fsp3) is 0. The van der Waals surface area contributed by atoms with Crippen LogP contribution in [0.4, 0.5) is 5.69 Å². The third-order valence-electron chi connectivity index (χ3n) is 2.19. The van der Waals surface area contributed by atoms with Gasteiger partial charge in [0.25, 0.3) is 0 Å². The molecule has 0 unspecified atom stereocenters. The van der Waals surface area contributed by atoms with Gasteiger partial charge in [-0.1, -0.05) is 6.07 Å². The zero-order valence-corrected chi connectivity index (χ0v) is 8.20. The smallest absolute Gasteiger partial charge is 0.318 e. The molecule has 80 valence electrons. The standard InChI is InChI=1S/C11H8N2O3/c14-10-3-1-2-9(11(10)13(15)16)8-4-6-12-7-5-8/h1-7,14H. The van der Waals surface area contributed by atoms with Crippen LogP contribution in [0, 0.1) is 10.1 Å². The van der Waals surface area contributed by atoms with E-state index in [1.54, 1.807) is 36.7 Å². The second-order valence-corrected chi connectivity index (χ2v) is 3.17. The van der Waals surface area contributed by atoms with E-state index in [2.05, 4.69) is 4.98 Å². The molecule has 1 heterocycles. The van der Waals surface area contributed by atoms with Gasteiger partial charge in [0, 0.05) is 12.4 Å². The Balaban J connectivity index is 2.66. The van der Waals surface area contributed by atoms with Gasteiger partial charge in [0.05, 0.1) is 10.5 Å². The van der Waals surface area contributed by atoms with E-state index in [1.807, 2.05) is 0 Å². The number of aromatic nitrogens is 1. The minimum Gasteiger partial charge on any atom is -0.502 e. The monoisotopic (exact) mass is 216 g/mol. The fourth-order valence-electron chi connectivity index (χ4n) is 1.49. The molecule has 0 atom stereocenters. The number of hydrogen-bond donors (Lipinski definition) is 1. The first kappa shape index (κ1) is 10.1. The first-order valence-corrected chi connectivity index (χ1v) is 4.57. The summed E-state index contributed by atoms with van der Waals surface area (Å²) in [5.74, 6) is -0.334. The number of nitrogens with zero attached hydrogens (tertiary/aromatic N) is 2. The number of nitro benzene ring substituents is 1. The van der Waals surface area contributed by atoms with E-state index >= 15 is 0 Å². The Hall–Kier alpha value is -2.43. The van der Waals surface area contributed by atoms with Crippen LogP contribution in [0.3, 0.4) is 0 Å². The molecular formula is C11H8N2O3. The molecule has 2 aromatic rings. The molecule has 0 radical (unpaired) electrons. The van der Waals surface area contributed by atoms with Crippen molar-refractivity contribution in [2.45, 2.75) is 0 Å². The van der Waals surface area contributed by atoms with Crippen molar-refractivity contribution in [2.75, 3.05) is 0 Å². The molecule has 16 heavy (non-hydrogen) atoms. The summed E-state index contributed by atoms with van der Waals surface area (Å²) < 4.78 is 0. The van der Waals surface area contributed by atoms with Crippen molar-refractivity contribution in [2.24, 2.45) is 0 Å². The van der Waals surface area contributed by atoms with Crippen molar-refractivity contribution >= 4 is 5.69 Å². The summed E-state index contributed by atoms with van der Waals surface area (Å²) in [4.78, 5) is 14.1. The first-order chi connectivity index (χ1) is 7.70. The molecule has 0 aliphatic heterocycles. The maximum atomic E-state index is 10.8. The number of aromatic hydroxyl groups is 1. The SMILES string of the molecule is O=[N+]([O-])c1c(O)cccc1-c1ccncc1. The van der Waals surface area contributed by atoms with Gasteiger partial charge in [0.2, 0.25) is 0 Å². The van der Waals surface area contributed by atoms with E-state index < -0.39 is 4.92 Å². The molecule has 1 aromatic carbocycles. The van der Waals surface area contributed by atoms with Crippen LogP contribution in [0.1, 0.15) is 0 Å². The maximum absolute atomic E-state index is 10.8. The topological polar surface area (TPSA) is 76.3 Å². The summed E-state index contributed by atoms with van der Waals surface area (Å²) >= 11 is 0. The van der Waals surface area contributed by atoms with Crippen molar-refractivity contribution < 1.29 is 10.0 Å². The van der Waals surface area contributed by atoms with Crippen molar-refractivity contribution in [3.63, 3.8) is 0 Å². The van der Waals surface area contributed by atoms with Crippen molar-refractivity contribution in [3.8, 4) is 16.9 Å². The van der Waals surface area contributed by atoms with Gasteiger partial charge in [-0.3, -0.25) is 15.1 Å². The normalized spacial score (nSPS) is 10.0. The first-order valence-electron chi connectivity index (χ1n) is 4.57. The Labute approximate surface area is 91.2 Å². The molecule has 2 rings (SSSR count). The van der Waals surface area contributed by atoms with Crippen molar-refractivity contribution in [1.82, 2.24) is 4.98 Å². The molecule has 0 saturated heterocycles. The Morgan fingerprint density at radius 3 is 2.50 bits per heavy atom. The minimum atomic E-state index is -0.592. The highest BCUT2D eigenvalue weighted by Gasteiger charge is 2.19. The number of benzene rings is 1. The quantitative estimate of drug-likeness (QED) is 0.617. The number of hydrogen-bond acceptors (Lipinski definition) is 4. The van der Waals surface area contributed by atoms with Gasteiger partial charge in [-0.25, -0.2) is 0 Å². The average molecular weight is 216 g/mol. The Morgan fingerprint density at radius 1 is 1.19 bits per heavy atom.